The number of halogens is 3. The molecule has 134 valence electrons. The van der Waals surface area contributed by atoms with Crippen LogP contribution in [0.25, 0.3) is 11.6 Å². The Balaban J connectivity index is 1.71. The second-order valence-electron chi connectivity index (χ2n) is 5.77. The zero-order valence-electron chi connectivity index (χ0n) is 14.1. The van der Waals surface area contributed by atoms with Crippen molar-refractivity contribution in [2.45, 2.75) is 6.61 Å². The molecule has 0 aromatic heterocycles. The van der Waals surface area contributed by atoms with E-state index in [0.717, 1.165) is 16.7 Å². The van der Waals surface area contributed by atoms with Gasteiger partial charge in [-0.1, -0.05) is 65.1 Å². The molecular weight excluding hydrogens is 401 g/mol. The topological polar surface area (TPSA) is 33.0 Å². The van der Waals surface area contributed by atoms with Gasteiger partial charge in [0.25, 0.3) is 0 Å². The predicted molar refractivity (Wildman–Crippen MR) is 112 cm³/mol. The summed E-state index contributed by atoms with van der Waals surface area (Å²) >= 11 is 17.9. The van der Waals surface area contributed by atoms with Gasteiger partial charge >= 0.3 is 0 Å². The highest BCUT2D eigenvalue weighted by atomic mass is 35.5. The number of benzene rings is 3. The molecule has 0 heterocycles. The van der Waals surface area contributed by atoms with Gasteiger partial charge in [-0.25, -0.2) is 0 Å². The third kappa shape index (κ3) is 5.28. The van der Waals surface area contributed by atoms with Crippen molar-refractivity contribution in [3.63, 3.8) is 0 Å². The van der Waals surface area contributed by atoms with Gasteiger partial charge in [-0.05, 0) is 53.6 Å². The maximum atomic E-state index is 9.42. The van der Waals surface area contributed by atoms with E-state index >= 15 is 0 Å². The van der Waals surface area contributed by atoms with Crippen LogP contribution in [0.2, 0.25) is 15.1 Å². The van der Waals surface area contributed by atoms with Crippen LogP contribution in [0.1, 0.15) is 16.7 Å². The Labute approximate surface area is 173 Å². The van der Waals surface area contributed by atoms with Crippen LogP contribution in [0.3, 0.4) is 0 Å². The number of hydrogen-bond donors (Lipinski definition) is 0. The molecule has 0 bridgehead atoms. The molecule has 0 saturated heterocycles. The van der Waals surface area contributed by atoms with Crippen molar-refractivity contribution in [3.05, 3.63) is 98.5 Å². The SMILES string of the molecule is N#C/C(=C/c1ccc(OCc2ccc(Cl)cc2Cl)cc1)c1ccc(Cl)cc1. The molecule has 0 spiro atoms. The van der Waals surface area contributed by atoms with Crippen molar-refractivity contribution in [2.24, 2.45) is 0 Å². The Morgan fingerprint density at radius 3 is 2.19 bits per heavy atom. The summed E-state index contributed by atoms with van der Waals surface area (Å²) in [4.78, 5) is 0. The first-order valence-corrected chi connectivity index (χ1v) is 9.23. The lowest BCUT2D eigenvalue weighted by Gasteiger charge is -2.08. The largest absolute Gasteiger partial charge is 0.489 e. The highest BCUT2D eigenvalue weighted by molar-refractivity contribution is 6.35. The molecule has 27 heavy (non-hydrogen) atoms. The average Bonchev–Trinajstić information content (AvgIpc) is 2.67. The van der Waals surface area contributed by atoms with Crippen molar-refractivity contribution < 1.29 is 4.74 Å². The van der Waals surface area contributed by atoms with Crippen LogP contribution in [0.5, 0.6) is 5.75 Å². The summed E-state index contributed by atoms with van der Waals surface area (Å²) < 4.78 is 5.77. The molecule has 0 fully saturated rings. The highest BCUT2D eigenvalue weighted by Gasteiger charge is 2.04. The van der Waals surface area contributed by atoms with E-state index in [9.17, 15) is 5.26 Å². The van der Waals surface area contributed by atoms with E-state index in [2.05, 4.69) is 6.07 Å². The summed E-state index contributed by atoms with van der Waals surface area (Å²) in [6, 6.07) is 22.2. The van der Waals surface area contributed by atoms with E-state index in [4.69, 9.17) is 39.5 Å². The quantitative estimate of drug-likeness (QED) is 0.324. The lowest BCUT2D eigenvalue weighted by Crippen LogP contribution is -1.96. The highest BCUT2D eigenvalue weighted by Crippen LogP contribution is 2.24. The molecule has 3 aromatic rings. The van der Waals surface area contributed by atoms with E-state index in [1.807, 2.05) is 48.5 Å². The molecule has 3 aromatic carbocycles. The van der Waals surface area contributed by atoms with Crippen molar-refractivity contribution in [1.29, 1.82) is 5.26 Å². The molecule has 0 unspecified atom stereocenters. The van der Waals surface area contributed by atoms with Crippen LogP contribution >= 0.6 is 34.8 Å². The van der Waals surface area contributed by atoms with Crippen LogP contribution in [-0.2, 0) is 6.61 Å². The zero-order valence-corrected chi connectivity index (χ0v) is 16.4. The molecule has 0 N–H and O–H groups in total. The predicted octanol–water partition coefficient (Wildman–Crippen LogP) is 7.29. The van der Waals surface area contributed by atoms with Gasteiger partial charge in [0, 0.05) is 20.6 Å². The third-order valence-corrected chi connectivity index (χ3v) is 4.72. The van der Waals surface area contributed by atoms with E-state index in [0.29, 0.717) is 33.0 Å². The molecule has 3 rings (SSSR count). The minimum absolute atomic E-state index is 0.347. The minimum atomic E-state index is 0.347. The molecule has 0 radical (unpaired) electrons. The smallest absolute Gasteiger partial charge is 0.119 e. The summed E-state index contributed by atoms with van der Waals surface area (Å²) in [5, 5.41) is 11.2. The lowest BCUT2D eigenvalue weighted by atomic mass is 10.0. The average molecular weight is 415 g/mol. The second-order valence-corrected chi connectivity index (χ2v) is 7.05. The number of ether oxygens (including phenoxy) is 1. The normalized spacial score (nSPS) is 11.1. The Bertz CT molecular complexity index is 1000. The molecule has 0 aliphatic heterocycles. The molecule has 0 saturated carbocycles. The van der Waals surface area contributed by atoms with Gasteiger partial charge in [0.15, 0.2) is 0 Å². The fraction of sp³-hybridized carbons (Fsp3) is 0.0455. The first-order valence-electron chi connectivity index (χ1n) is 8.10. The summed E-state index contributed by atoms with van der Waals surface area (Å²) in [7, 11) is 0. The van der Waals surface area contributed by atoms with Gasteiger partial charge in [0.1, 0.15) is 12.4 Å². The van der Waals surface area contributed by atoms with Crippen LogP contribution in [0, 0.1) is 11.3 Å². The first kappa shape index (κ1) is 19.3. The minimum Gasteiger partial charge on any atom is -0.489 e. The molecule has 2 nitrogen and oxygen atoms in total. The Hall–Kier alpha value is -2.44. The Morgan fingerprint density at radius 2 is 1.56 bits per heavy atom. The second kappa shape index (κ2) is 8.97. The van der Waals surface area contributed by atoms with Crippen molar-refractivity contribution in [1.82, 2.24) is 0 Å². The molecule has 0 atom stereocenters. The van der Waals surface area contributed by atoms with Crippen molar-refractivity contribution >= 4 is 46.5 Å². The van der Waals surface area contributed by atoms with Crippen LogP contribution in [0.15, 0.2) is 66.7 Å². The number of allylic oxidation sites excluding steroid dienone is 1. The van der Waals surface area contributed by atoms with E-state index < -0.39 is 0 Å². The molecule has 0 aliphatic carbocycles. The van der Waals surface area contributed by atoms with Gasteiger partial charge in [-0.3, -0.25) is 0 Å². The van der Waals surface area contributed by atoms with Crippen LogP contribution in [-0.4, -0.2) is 0 Å². The van der Waals surface area contributed by atoms with E-state index in [-0.39, 0.29) is 0 Å². The summed E-state index contributed by atoms with van der Waals surface area (Å²) in [6.07, 6.45) is 1.82. The fourth-order valence-electron chi connectivity index (χ4n) is 2.44. The number of nitriles is 1. The Morgan fingerprint density at radius 1 is 0.889 bits per heavy atom. The number of nitrogens with zero attached hydrogens (tertiary/aromatic N) is 1. The number of rotatable bonds is 5. The van der Waals surface area contributed by atoms with Crippen molar-refractivity contribution in [3.8, 4) is 11.8 Å². The van der Waals surface area contributed by atoms with E-state index in [1.54, 1.807) is 24.3 Å². The van der Waals surface area contributed by atoms with Crippen LogP contribution < -0.4 is 4.74 Å². The summed E-state index contributed by atoms with van der Waals surface area (Å²) in [5.41, 5.74) is 3.14. The van der Waals surface area contributed by atoms with Gasteiger partial charge < -0.3 is 4.74 Å². The molecular formula is C22H14Cl3NO. The van der Waals surface area contributed by atoms with Gasteiger partial charge in [0.2, 0.25) is 0 Å². The standard InChI is InChI=1S/C22H14Cl3NO/c23-19-6-3-16(4-7-19)18(13-26)11-15-1-9-21(10-2-15)27-14-17-5-8-20(24)12-22(17)25/h1-12H,14H2/b18-11-. The van der Waals surface area contributed by atoms with E-state index in [1.165, 1.54) is 0 Å². The third-order valence-electron chi connectivity index (χ3n) is 3.88. The fourth-order valence-corrected chi connectivity index (χ4v) is 3.03. The van der Waals surface area contributed by atoms with Gasteiger partial charge in [-0.2, -0.15) is 5.26 Å². The maximum Gasteiger partial charge on any atom is 0.119 e. The molecule has 0 aliphatic rings. The maximum absolute atomic E-state index is 9.42. The summed E-state index contributed by atoms with van der Waals surface area (Å²) in [5.74, 6) is 0.711. The number of hydrogen-bond acceptors (Lipinski definition) is 2. The summed E-state index contributed by atoms with van der Waals surface area (Å²) in [6.45, 7) is 0.347. The van der Waals surface area contributed by atoms with Crippen molar-refractivity contribution in [2.75, 3.05) is 0 Å². The molecule has 0 amide bonds. The first-order chi connectivity index (χ1) is 13.0. The van der Waals surface area contributed by atoms with Gasteiger partial charge in [0.05, 0.1) is 11.6 Å². The van der Waals surface area contributed by atoms with Gasteiger partial charge in [-0.15, -0.1) is 0 Å². The molecule has 5 heteroatoms. The lowest BCUT2D eigenvalue weighted by molar-refractivity contribution is 0.306. The van der Waals surface area contributed by atoms with Crippen LogP contribution in [0.4, 0.5) is 0 Å². The monoisotopic (exact) mass is 413 g/mol. The Kier molecular flexibility index (Phi) is 6.42. The zero-order chi connectivity index (χ0) is 19.2.